The summed E-state index contributed by atoms with van der Waals surface area (Å²) in [6, 6.07) is 94.5. The molecule has 0 aliphatic carbocycles. The maximum atomic E-state index is 2.53. The predicted octanol–water partition coefficient (Wildman–Crippen LogP) is 24.3. The van der Waals surface area contributed by atoms with Crippen LogP contribution in [0.4, 0.5) is 68.2 Å². The van der Waals surface area contributed by atoms with E-state index in [1.165, 1.54) is 100 Å². The number of benzene rings is 12. The largest absolute Gasteiger partial charge is 0.311 e. The first-order chi connectivity index (χ1) is 42.5. The average molecular weight is 1140 g/mol. The van der Waals surface area contributed by atoms with Crippen molar-refractivity contribution < 1.29 is 0 Å². The molecule has 12 aromatic rings. The van der Waals surface area contributed by atoms with Gasteiger partial charge in [-0.1, -0.05) is 143 Å². The summed E-state index contributed by atoms with van der Waals surface area (Å²) < 4.78 is 0. The van der Waals surface area contributed by atoms with Gasteiger partial charge in [0.1, 0.15) is 0 Å². The second kappa shape index (κ2) is 24.7. The number of aryl methyl sites for hydroxylation is 12. The molecule has 12 rings (SSSR count). The lowest BCUT2D eigenvalue weighted by molar-refractivity contribution is 1.18. The van der Waals surface area contributed by atoms with Gasteiger partial charge in [-0.15, -0.1) is 0 Å². The Bertz CT molecular complexity index is 3830. The lowest BCUT2D eigenvalue weighted by Gasteiger charge is -2.32. The molecule has 0 aliphatic rings. The Balaban J connectivity index is 0.930. The van der Waals surface area contributed by atoms with Crippen LogP contribution in [-0.4, -0.2) is 0 Å². The van der Waals surface area contributed by atoms with Crippen LogP contribution in [0, 0.1) is 83.1 Å². The number of hydrogen-bond donors (Lipinski definition) is 0. The highest BCUT2D eigenvalue weighted by Gasteiger charge is 2.24. The zero-order valence-corrected chi connectivity index (χ0v) is 53.0. The summed E-state index contributed by atoms with van der Waals surface area (Å²) in [5.41, 5.74) is 35.4. The summed E-state index contributed by atoms with van der Waals surface area (Å²) in [6.07, 6.45) is 0. The summed E-state index contributed by atoms with van der Waals surface area (Å²) in [6.45, 7) is 26.5. The highest BCUT2D eigenvalue weighted by molar-refractivity contribution is 5.90. The highest BCUT2D eigenvalue weighted by atomic mass is 15.2. The fraction of sp³-hybridized carbons (Fsp3) is 0.143. The van der Waals surface area contributed by atoms with Gasteiger partial charge in [0.05, 0.1) is 0 Å². The van der Waals surface area contributed by atoms with E-state index in [-0.39, 0.29) is 0 Å². The second-order valence-corrected chi connectivity index (χ2v) is 24.4. The monoisotopic (exact) mass is 1140 g/mol. The molecular weight excluding hydrogens is 1060 g/mol. The Kier molecular flexibility index (Phi) is 16.3. The third-order valence-corrected chi connectivity index (χ3v) is 17.4. The van der Waals surface area contributed by atoms with Crippen molar-refractivity contribution >= 4 is 68.2 Å². The third-order valence-electron chi connectivity index (χ3n) is 17.4. The summed E-state index contributed by atoms with van der Waals surface area (Å²) in [4.78, 5) is 9.56. The van der Waals surface area contributed by atoms with Gasteiger partial charge in [0.2, 0.25) is 0 Å². The van der Waals surface area contributed by atoms with Gasteiger partial charge in [-0.3, -0.25) is 0 Å². The average Bonchev–Trinajstić information content (AvgIpc) is 1.58. The van der Waals surface area contributed by atoms with Crippen molar-refractivity contribution in [2.75, 3.05) is 19.6 Å². The van der Waals surface area contributed by atoms with Crippen molar-refractivity contribution in [2.24, 2.45) is 0 Å². The molecule has 0 fully saturated rings. The zero-order valence-electron chi connectivity index (χ0n) is 53.0. The van der Waals surface area contributed by atoms with Crippen LogP contribution in [0.25, 0.3) is 33.4 Å². The fourth-order valence-corrected chi connectivity index (χ4v) is 12.3. The molecule has 0 amide bonds. The summed E-state index contributed by atoms with van der Waals surface area (Å²) in [5.74, 6) is 0. The highest BCUT2D eigenvalue weighted by Crippen LogP contribution is 2.47. The molecule has 0 N–H and O–H groups in total. The Morgan fingerprint density at radius 2 is 0.318 bits per heavy atom. The normalized spacial score (nSPS) is 11.2. The van der Waals surface area contributed by atoms with Gasteiger partial charge in [-0.2, -0.15) is 0 Å². The molecule has 0 saturated carbocycles. The van der Waals surface area contributed by atoms with Crippen molar-refractivity contribution in [3.63, 3.8) is 0 Å². The van der Waals surface area contributed by atoms with Crippen LogP contribution in [0.1, 0.15) is 66.8 Å². The minimum atomic E-state index is 1.11. The number of hydrogen-bond acceptors (Lipinski definition) is 4. The molecule has 434 valence electrons. The van der Waals surface area contributed by atoms with Crippen molar-refractivity contribution in [1.82, 2.24) is 0 Å². The molecule has 0 heterocycles. The van der Waals surface area contributed by atoms with Crippen molar-refractivity contribution in [2.45, 2.75) is 83.1 Å². The van der Waals surface area contributed by atoms with Gasteiger partial charge in [-0.05, 0) is 295 Å². The first-order valence-electron chi connectivity index (χ1n) is 30.8. The van der Waals surface area contributed by atoms with Gasteiger partial charge < -0.3 is 19.6 Å². The molecule has 0 saturated heterocycles. The van der Waals surface area contributed by atoms with E-state index in [2.05, 4.69) is 357 Å². The molecule has 0 unspecified atom stereocenters. The van der Waals surface area contributed by atoms with E-state index in [1.54, 1.807) is 0 Å². The number of anilines is 12. The molecule has 88 heavy (non-hydrogen) atoms. The van der Waals surface area contributed by atoms with Crippen molar-refractivity contribution in [1.29, 1.82) is 0 Å². The number of nitrogens with zero attached hydrogens (tertiary/aromatic N) is 4. The van der Waals surface area contributed by atoms with Gasteiger partial charge in [-0.25, -0.2) is 0 Å². The van der Waals surface area contributed by atoms with E-state index in [0.29, 0.717) is 0 Å². The van der Waals surface area contributed by atoms with Crippen LogP contribution in [0.5, 0.6) is 0 Å². The quantitative estimate of drug-likeness (QED) is 0.101. The molecule has 0 bridgehead atoms. The molecule has 0 spiro atoms. The van der Waals surface area contributed by atoms with Crippen LogP contribution in [0.3, 0.4) is 0 Å². The van der Waals surface area contributed by atoms with Gasteiger partial charge in [0, 0.05) is 68.2 Å². The smallest absolute Gasteiger partial charge is 0.0494 e. The Morgan fingerprint density at radius 1 is 0.159 bits per heavy atom. The van der Waals surface area contributed by atoms with Crippen molar-refractivity contribution in [3.8, 4) is 33.4 Å². The van der Waals surface area contributed by atoms with E-state index in [1.807, 2.05) is 0 Å². The first-order valence-corrected chi connectivity index (χ1v) is 30.8. The van der Waals surface area contributed by atoms with E-state index in [0.717, 1.165) is 68.2 Å². The number of rotatable bonds is 15. The van der Waals surface area contributed by atoms with Crippen LogP contribution < -0.4 is 19.6 Å². The lowest BCUT2D eigenvalue weighted by Crippen LogP contribution is -2.15. The molecule has 0 atom stereocenters. The van der Waals surface area contributed by atoms with Crippen LogP contribution >= 0.6 is 0 Å². The first kappa shape index (κ1) is 58.2. The van der Waals surface area contributed by atoms with E-state index in [4.69, 9.17) is 0 Å². The van der Waals surface area contributed by atoms with Crippen LogP contribution in [0.15, 0.2) is 255 Å². The van der Waals surface area contributed by atoms with Crippen molar-refractivity contribution in [3.05, 3.63) is 322 Å². The van der Waals surface area contributed by atoms with Crippen LogP contribution in [-0.2, 0) is 0 Å². The second-order valence-electron chi connectivity index (χ2n) is 24.4. The molecule has 0 radical (unpaired) electrons. The molecule has 0 aromatic heterocycles. The van der Waals surface area contributed by atoms with E-state index >= 15 is 0 Å². The summed E-state index contributed by atoms with van der Waals surface area (Å²) >= 11 is 0. The minimum absolute atomic E-state index is 1.11. The molecule has 4 nitrogen and oxygen atoms in total. The van der Waals surface area contributed by atoms with Gasteiger partial charge >= 0.3 is 0 Å². The van der Waals surface area contributed by atoms with E-state index in [9.17, 15) is 0 Å². The minimum Gasteiger partial charge on any atom is -0.311 e. The summed E-state index contributed by atoms with van der Waals surface area (Å²) in [7, 11) is 0. The zero-order chi connectivity index (χ0) is 61.3. The third kappa shape index (κ3) is 12.0. The Morgan fingerprint density at radius 3 is 0.489 bits per heavy atom. The molecule has 12 aromatic carbocycles. The SMILES string of the molecule is Cc1ccc(N(c2ccc(C)cc2)c2ccc(-c3cc(C)c(N(c4cc(C)c(-c5ccc(N(c6ccc(C)cc6)c6ccc(C)cc6)cc5)cc4C)c4cc(C)c(-c5ccc(N(c6ccc(C)cc6)c6ccc(C)cc6)cc5)cc4C)cc3C)cc2)cc1. The summed E-state index contributed by atoms with van der Waals surface area (Å²) in [5, 5.41) is 0. The standard InChI is InChI=1S/C84H78N4/c1-55-13-31-70(32-14-55)85(71-33-15-56(2)16-34-71)76-43-25-67(26-44-76)79-49-64(10)82(52-61(79)7)88(83-53-62(8)80(50-65(83)11)68-27-45-77(46-28-68)86(72-35-17-57(3)18-36-72)73-37-19-58(4)20-38-73)84-54-63(9)81(51-66(84)12)69-29-47-78(48-30-69)87(74-39-21-59(5)22-40-74)75-41-23-60(6)24-42-75/h13-54H,1-12H3. The topological polar surface area (TPSA) is 13.0 Å². The molecule has 4 heteroatoms. The molecule has 0 aliphatic heterocycles. The Labute approximate surface area is 522 Å². The van der Waals surface area contributed by atoms with Gasteiger partial charge in [0.15, 0.2) is 0 Å². The lowest BCUT2D eigenvalue weighted by atomic mass is 9.92. The molecular formula is C84H78N4. The maximum Gasteiger partial charge on any atom is 0.0494 e. The predicted molar refractivity (Wildman–Crippen MR) is 378 cm³/mol. The Hall–Kier alpha value is -10.2. The van der Waals surface area contributed by atoms with Gasteiger partial charge in [0.25, 0.3) is 0 Å². The van der Waals surface area contributed by atoms with E-state index < -0.39 is 0 Å². The van der Waals surface area contributed by atoms with Crippen LogP contribution in [0.2, 0.25) is 0 Å². The fourth-order valence-electron chi connectivity index (χ4n) is 12.3. The maximum absolute atomic E-state index is 2.53.